The fourth-order valence-corrected chi connectivity index (χ4v) is 3.23. The van der Waals surface area contributed by atoms with Gasteiger partial charge in [-0.2, -0.15) is 5.10 Å². The van der Waals surface area contributed by atoms with E-state index < -0.39 is 5.60 Å². The fraction of sp³-hybridized carbons (Fsp3) is 0.706. The zero-order valence-corrected chi connectivity index (χ0v) is 14.7. The summed E-state index contributed by atoms with van der Waals surface area (Å²) < 4.78 is 5.72. The van der Waals surface area contributed by atoms with E-state index >= 15 is 0 Å². The molecule has 4 N–H and O–H groups in total. The van der Waals surface area contributed by atoms with Gasteiger partial charge in [-0.05, 0) is 33.1 Å². The van der Waals surface area contributed by atoms with Crippen molar-refractivity contribution in [1.29, 1.82) is 0 Å². The molecular weight excluding hydrogens is 324 g/mol. The van der Waals surface area contributed by atoms with E-state index in [1.807, 2.05) is 13.8 Å². The van der Waals surface area contributed by atoms with E-state index in [1.165, 1.54) is 0 Å². The van der Waals surface area contributed by atoms with Crippen LogP contribution in [0.25, 0.3) is 0 Å². The Morgan fingerprint density at radius 2 is 2.20 bits per heavy atom. The first-order valence-electron chi connectivity index (χ1n) is 8.84. The van der Waals surface area contributed by atoms with Crippen LogP contribution in [0.2, 0.25) is 0 Å². The third-order valence-electron chi connectivity index (χ3n) is 4.78. The molecule has 0 spiro atoms. The minimum absolute atomic E-state index is 0.0343. The van der Waals surface area contributed by atoms with Crippen molar-refractivity contribution in [2.24, 2.45) is 0 Å². The summed E-state index contributed by atoms with van der Waals surface area (Å²) in [5, 5.41) is 22.7. The first-order chi connectivity index (χ1) is 11.9. The molecule has 1 aromatic heterocycles. The second kappa shape index (κ2) is 7.13. The fourth-order valence-electron chi connectivity index (χ4n) is 3.23. The monoisotopic (exact) mass is 350 g/mol. The maximum absolute atomic E-state index is 12.2. The van der Waals surface area contributed by atoms with Crippen molar-refractivity contribution in [2.45, 2.75) is 70.3 Å². The van der Waals surface area contributed by atoms with Crippen molar-refractivity contribution in [3.05, 3.63) is 17.0 Å². The van der Waals surface area contributed by atoms with Gasteiger partial charge in [0.25, 0.3) is 5.91 Å². The average molecular weight is 350 g/mol. The van der Waals surface area contributed by atoms with Gasteiger partial charge in [-0.1, -0.05) is 0 Å². The number of carbonyl (C=O) groups is 2. The van der Waals surface area contributed by atoms with Crippen LogP contribution in [-0.4, -0.2) is 51.4 Å². The molecule has 1 unspecified atom stereocenters. The van der Waals surface area contributed by atoms with Gasteiger partial charge in [0, 0.05) is 24.6 Å². The molecule has 138 valence electrons. The molecule has 2 heterocycles. The Morgan fingerprint density at radius 3 is 2.84 bits per heavy atom. The highest BCUT2D eigenvalue weighted by molar-refractivity contribution is 5.94. The predicted octanol–water partition coefficient (Wildman–Crippen LogP) is 0.411. The van der Waals surface area contributed by atoms with Crippen LogP contribution in [0.1, 0.15) is 61.3 Å². The Balaban J connectivity index is 1.54. The molecule has 1 aliphatic heterocycles. The lowest BCUT2D eigenvalue weighted by Gasteiger charge is -2.36. The Bertz CT molecular complexity index is 651. The molecule has 8 heteroatoms. The molecule has 1 atom stereocenters. The summed E-state index contributed by atoms with van der Waals surface area (Å²) in [4.78, 5) is 24.2. The molecule has 2 amide bonds. The topological polar surface area (TPSA) is 116 Å². The molecule has 1 saturated carbocycles. The number of carbonyl (C=O) groups excluding carboxylic acids is 2. The van der Waals surface area contributed by atoms with E-state index in [4.69, 9.17) is 4.74 Å². The van der Waals surface area contributed by atoms with Crippen molar-refractivity contribution < 1.29 is 19.4 Å². The van der Waals surface area contributed by atoms with Crippen molar-refractivity contribution >= 4 is 11.8 Å². The number of nitrogens with zero attached hydrogens (tertiary/aromatic N) is 1. The zero-order valence-electron chi connectivity index (χ0n) is 14.7. The largest absolute Gasteiger partial charge is 0.389 e. The van der Waals surface area contributed by atoms with Gasteiger partial charge in [0.15, 0.2) is 5.69 Å². The maximum atomic E-state index is 12.2. The number of nitrogens with one attached hydrogen (secondary N) is 3. The van der Waals surface area contributed by atoms with Crippen LogP contribution in [0.3, 0.4) is 0 Å². The molecule has 8 nitrogen and oxygen atoms in total. The quantitative estimate of drug-likeness (QED) is 0.593. The minimum Gasteiger partial charge on any atom is -0.389 e. The second-order valence-electron chi connectivity index (χ2n) is 7.35. The van der Waals surface area contributed by atoms with Gasteiger partial charge in [-0.15, -0.1) is 0 Å². The lowest BCUT2D eigenvalue weighted by atomic mass is 9.78. The number of rotatable bonds is 6. The van der Waals surface area contributed by atoms with Crippen LogP contribution in [0, 0.1) is 0 Å². The summed E-state index contributed by atoms with van der Waals surface area (Å²) >= 11 is 0. The molecule has 1 aliphatic carbocycles. The Morgan fingerprint density at radius 1 is 1.44 bits per heavy atom. The molecule has 0 saturated heterocycles. The van der Waals surface area contributed by atoms with Crippen LogP contribution in [0.5, 0.6) is 0 Å². The van der Waals surface area contributed by atoms with Crippen LogP contribution in [-0.2, 0) is 22.6 Å². The van der Waals surface area contributed by atoms with E-state index in [1.54, 1.807) is 0 Å². The number of hydrogen-bond acceptors (Lipinski definition) is 5. The van der Waals surface area contributed by atoms with Gasteiger partial charge >= 0.3 is 0 Å². The van der Waals surface area contributed by atoms with Crippen molar-refractivity contribution in [3.63, 3.8) is 0 Å². The minimum atomic E-state index is -0.822. The van der Waals surface area contributed by atoms with Gasteiger partial charge in [0.05, 0.1) is 30.4 Å². The van der Waals surface area contributed by atoms with Crippen molar-refractivity contribution in [2.75, 3.05) is 6.54 Å². The highest BCUT2D eigenvalue weighted by Gasteiger charge is 2.36. The lowest BCUT2D eigenvalue weighted by molar-refractivity contribution is -0.130. The van der Waals surface area contributed by atoms with Gasteiger partial charge in [-0.3, -0.25) is 14.7 Å². The van der Waals surface area contributed by atoms with Crippen LogP contribution in [0.4, 0.5) is 0 Å². The smallest absolute Gasteiger partial charge is 0.272 e. The summed E-state index contributed by atoms with van der Waals surface area (Å²) in [6.45, 7) is 4.48. The van der Waals surface area contributed by atoms with E-state index in [0.29, 0.717) is 38.1 Å². The summed E-state index contributed by atoms with van der Waals surface area (Å²) in [5.74, 6) is -0.369. The third kappa shape index (κ3) is 4.19. The number of ether oxygens (including phenoxy) is 1. The van der Waals surface area contributed by atoms with Crippen molar-refractivity contribution in [1.82, 2.24) is 20.8 Å². The number of hydrogen-bond donors (Lipinski definition) is 4. The zero-order chi connectivity index (χ0) is 18.0. The molecule has 0 aromatic carbocycles. The number of amides is 2. The molecule has 0 radical (unpaired) electrons. The number of aliphatic hydroxyl groups is 1. The van der Waals surface area contributed by atoms with E-state index in [0.717, 1.165) is 17.7 Å². The number of aromatic nitrogens is 2. The van der Waals surface area contributed by atoms with Crippen LogP contribution in [0.15, 0.2) is 0 Å². The summed E-state index contributed by atoms with van der Waals surface area (Å²) in [5.41, 5.74) is 1.23. The summed E-state index contributed by atoms with van der Waals surface area (Å²) in [6.07, 6.45) is 2.78. The first kappa shape index (κ1) is 17.9. The molecule has 0 bridgehead atoms. The van der Waals surface area contributed by atoms with Crippen molar-refractivity contribution in [3.8, 4) is 0 Å². The van der Waals surface area contributed by atoms with Crippen LogP contribution < -0.4 is 10.6 Å². The number of aromatic amines is 1. The molecule has 1 fully saturated rings. The van der Waals surface area contributed by atoms with E-state index in [2.05, 4.69) is 20.8 Å². The second-order valence-corrected chi connectivity index (χ2v) is 7.35. The standard InChI is InChI=1S/C17H26N4O4/c1-10(2)19-16(23)15-12-6-11(25-9-13(12)20-21-15)8-18-14(22)7-17(24)4-3-5-17/h10-11,24H,3-9H2,1-2H3,(H,18,22)(H,19,23)(H,20,21). The highest BCUT2D eigenvalue weighted by Crippen LogP contribution is 2.34. The molecular formula is C17H26N4O4. The number of H-pyrrole nitrogens is 1. The lowest BCUT2D eigenvalue weighted by Crippen LogP contribution is -2.44. The third-order valence-corrected chi connectivity index (χ3v) is 4.78. The summed E-state index contributed by atoms with van der Waals surface area (Å²) in [6, 6.07) is 0.0343. The van der Waals surface area contributed by atoms with Gasteiger partial charge in [0.1, 0.15) is 0 Å². The van der Waals surface area contributed by atoms with Gasteiger partial charge in [-0.25, -0.2) is 0 Å². The Labute approximate surface area is 146 Å². The molecule has 1 aromatic rings. The molecule has 25 heavy (non-hydrogen) atoms. The number of fused-ring (bicyclic) bond motifs is 1. The summed E-state index contributed by atoms with van der Waals surface area (Å²) in [7, 11) is 0. The van der Waals surface area contributed by atoms with E-state index in [-0.39, 0.29) is 30.4 Å². The normalized spacial score (nSPS) is 21.4. The van der Waals surface area contributed by atoms with Gasteiger partial charge in [0.2, 0.25) is 5.91 Å². The first-order valence-corrected chi connectivity index (χ1v) is 8.84. The predicted molar refractivity (Wildman–Crippen MR) is 89.9 cm³/mol. The maximum Gasteiger partial charge on any atom is 0.272 e. The highest BCUT2D eigenvalue weighted by atomic mass is 16.5. The van der Waals surface area contributed by atoms with Gasteiger partial charge < -0.3 is 20.5 Å². The van der Waals surface area contributed by atoms with E-state index in [9.17, 15) is 14.7 Å². The molecule has 2 aliphatic rings. The Kier molecular flexibility index (Phi) is 5.10. The van der Waals surface area contributed by atoms with Crippen LogP contribution >= 0.6 is 0 Å². The molecule has 3 rings (SSSR count). The average Bonchev–Trinajstić information content (AvgIpc) is 2.94. The SMILES string of the molecule is CC(C)NC(=O)c1n[nH]c2c1CC(CNC(=O)CC1(O)CCC1)OC2. The Hall–Kier alpha value is -1.93.